The summed E-state index contributed by atoms with van der Waals surface area (Å²) >= 11 is 1.85. The Balaban J connectivity index is 2.01. The van der Waals surface area contributed by atoms with Crippen molar-refractivity contribution in [2.24, 2.45) is 5.41 Å². The van der Waals surface area contributed by atoms with Crippen molar-refractivity contribution >= 4 is 22.7 Å². The van der Waals surface area contributed by atoms with Crippen molar-refractivity contribution in [2.75, 3.05) is 11.5 Å². The number of rotatable bonds is 1. The van der Waals surface area contributed by atoms with Gasteiger partial charge in [-0.05, 0) is 46.7 Å². The Kier molecular flexibility index (Phi) is 2.72. The van der Waals surface area contributed by atoms with Crippen LogP contribution in [-0.2, 0) is 5.60 Å². The summed E-state index contributed by atoms with van der Waals surface area (Å²) in [5.41, 5.74) is 1.70. The molecule has 0 bridgehead atoms. The summed E-state index contributed by atoms with van der Waals surface area (Å²) in [7, 11) is 0. The minimum absolute atomic E-state index is 0.199. The summed E-state index contributed by atoms with van der Waals surface area (Å²) in [6, 6.07) is 8.30. The number of thioether (sulfide) groups is 1. The van der Waals surface area contributed by atoms with E-state index in [-0.39, 0.29) is 5.41 Å². The fourth-order valence-corrected chi connectivity index (χ4v) is 4.28. The lowest BCUT2D eigenvalue weighted by Gasteiger charge is -2.41. The van der Waals surface area contributed by atoms with E-state index in [1.165, 1.54) is 5.39 Å². The first-order chi connectivity index (χ1) is 8.49. The molecular formula is C15H19NOS. The second kappa shape index (κ2) is 4.04. The standard InChI is InChI=1S/C15H19NOS/c1-14(2)8-15(17,10-18-9-14)12-3-4-13-11(7-12)5-6-16-13/h3-7,16-17H,8-10H2,1-2H3. The Labute approximate surface area is 112 Å². The van der Waals surface area contributed by atoms with E-state index in [9.17, 15) is 5.11 Å². The average Bonchev–Trinajstić information content (AvgIpc) is 2.73. The summed E-state index contributed by atoms with van der Waals surface area (Å²) in [4.78, 5) is 3.19. The molecule has 0 radical (unpaired) electrons. The number of hydrogen-bond donors (Lipinski definition) is 2. The van der Waals surface area contributed by atoms with Gasteiger partial charge in [-0.1, -0.05) is 19.9 Å². The average molecular weight is 261 g/mol. The summed E-state index contributed by atoms with van der Waals surface area (Å²) < 4.78 is 0. The summed E-state index contributed by atoms with van der Waals surface area (Å²) in [6.45, 7) is 4.47. The van der Waals surface area contributed by atoms with Crippen LogP contribution in [0.3, 0.4) is 0 Å². The van der Waals surface area contributed by atoms with Crippen LogP contribution in [0.2, 0.25) is 0 Å². The number of hydrogen-bond acceptors (Lipinski definition) is 2. The summed E-state index contributed by atoms with van der Waals surface area (Å²) in [5, 5.41) is 12.1. The third-order valence-corrected chi connectivity index (χ3v) is 5.36. The molecule has 2 heterocycles. The number of fused-ring (bicyclic) bond motifs is 1. The molecule has 1 atom stereocenters. The van der Waals surface area contributed by atoms with Crippen molar-refractivity contribution in [3.05, 3.63) is 36.0 Å². The molecule has 0 amide bonds. The highest BCUT2D eigenvalue weighted by Gasteiger charge is 2.40. The Morgan fingerprint density at radius 1 is 1.22 bits per heavy atom. The molecule has 0 aliphatic carbocycles. The second-order valence-corrected chi connectivity index (χ2v) is 7.13. The minimum atomic E-state index is -0.683. The molecule has 1 saturated heterocycles. The first-order valence-electron chi connectivity index (χ1n) is 6.36. The van der Waals surface area contributed by atoms with Gasteiger partial charge in [-0.2, -0.15) is 11.8 Å². The maximum atomic E-state index is 10.9. The molecule has 18 heavy (non-hydrogen) atoms. The summed E-state index contributed by atoms with van der Waals surface area (Å²) in [6.07, 6.45) is 2.78. The fraction of sp³-hybridized carbons (Fsp3) is 0.467. The molecule has 2 N–H and O–H groups in total. The molecule has 3 heteroatoms. The van der Waals surface area contributed by atoms with Crippen LogP contribution in [0, 0.1) is 5.41 Å². The highest BCUT2D eigenvalue weighted by molar-refractivity contribution is 7.99. The van der Waals surface area contributed by atoms with Gasteiger partial charge in [-0.3, -0.25) is 0 Å². The Bertz CT molecular complexity index is 575. The van der Waals surface area contributed by atoms with Crippen molar-refractivity contribution in [3.63, 3.8) is 0 Å². The Morgan fingerprint density at radius 3 is 2.83 bits per heavy atom. The lowest BCUT2D eigenvalue weighted by Crippen LogP contribution is -2.40. The molecule has 2 nitrogen and oxygen atoms in total. The van der Waals surface area contributed by atoms with Gasteiger partial charge in [0.05, 0.1) is 5.60 Å². The lowest BCUT2D eigenvalue weighted by atomic mass is 9.78. The lowest BCUT2D eigenvalue weighted by molar-refractivity contribution is 0.0157. The first-order valence-corrected chi connectivity index (χ1v) is 7.52. The first kappa shape index (κ1) is 12.1. The zero-order valence-corrected chi connectivity index (χ0v) is 11.7. The van der Waals surface area contributed by atoms with Crippen LogP contribution in [0.4, 0.5) is 0 Å². The van der Waals surface area contributed by atoms with Gasteiger partial charge < -0.3 is 10.1 Å². The monoisotopic (exact) mass is 261 g/mol. The highest BCUT2D eigenvalue weighted by atomic mass is 32.2. The van der Waals surface area contributed by atoms with Crippen LogP contribution in [-0.4, -0.2) is 21.6 Å². The van der Waals surface area contributed by atoms with Crippen molar-refractivity contribution in [1.29, 1.82) is 0 Å². The van der Waals surface area contributed by atoms with Crippen LogP contribution >= 0.6 is 11.8 Å². The third-order valence-electron chi connectivity index (χ3n) is 3.70. The molecule has 1 aliphatic heterocycles. The van der Waals surface area contributed by atoms with E-state index in [0.29, 0.717) is 0 Å². The third kappa shape index (κ3) is 2.06. The van der Waals surface area contributed by atoms with E-state index in [1.54, 1.807) is 0 Å². The van der Waals surface area contributed by atoms with Gasteiger partial charge in [0.25, 0.3) is 0 Å². The second-order valence-electron chi connectivity index (χ2n) is 6.15. The van der Waals surface area contributed by atoms with Gasteiger partial charge >= 0.3 is 0 Å². The number of H-pyrrole nitrogens is 1. The normalized spacial score (nSPS) is 27.5. The molecule has 0 saturated carbocycles. The molecule has 1 fully saturated rings. The van der Waals surface area contributed by atoms with Crippen molar-refractivity contribution in [1.82, 2.24) is 4.98 Å². The van der Waals surface area contributed by atoms with E-state index in [1.807, 2.05) is 18.0 Å². The summed E-state index contributed by atoms with van der Waals surface area (Å²) in [5.74, 6) is 1.92. The number of aromatic nitrogens is 1. The Morgan fingerprint density at radius 2 is 2.06 bits per heavy atom. The fourth-order valence-electron chi connectivity index (χ4n) is 2.92. The molecule has 0 spiro atoms. The van der Waals surface area contributed by atoms with E-state index in [4.69, 9.17) is 0 Å². The molecule has 1 aliphatic rings. The zero-order valence-electron chi connectivity index (χ0n) is 10.9. The SMILES string of the molecule is CC1(C)CSCC(O)(c2ccc3[nH]ccc3c2)C1. The number of aromatic amines is 1. The molecule has 1 aromatic heterocycles. The molecule has 1 unspecified atom stereocenters. The van der Waals surface area contributed by atoms with Crippen LogP contribution in [0.1, 0.15) is 25.8 Å². The highest BCUT2D eigenvalue weighted by Crippen LogP contribution is 2.44. The van der Waals surface area contributed by atoms with Gasteiger partial charge in [0.15, 0.2) is 0 Å². The van der Waals surface area contributed by atoms with Crippen LogP contribution in [0.5, 0.6) is 0 Å². The van der Waals surface area contributed by atoms with Crippen LogP contribution in [0.25, 0.3) is 10.9 Å². The van der Waals surface area contributed by atoms with E-state index in [0.717, 1.165) is 29.0 Å². The zero-order chi connectivity index (χ0) is 12.8. The van der Waals surface area contributed by atoms with E-state index in [2.05, 4.69) is 43.1 Å². The number of aliphatic hydroxyl groups is 1. The Hall–Kier alpha value is -0.930. The molecule has 3 rings (SSSR count). The quantitative estimate of drug-likeness (QED) is 0.824. The minimum Gasteiger partial charge on any atom is -0.384 e. The van der Waals surface area contributed by atoms with Gasteiger partial charge in [0, 0.05) is 17.5 Å². The largest absolute Gasteiger partial charge is 0.384 e. The maximum Gasteiger partial charge on any atom is 0.0992 e. The van der Waals surface area contributed by atoms with Gasteiger partial charge in [-0.15, -0.1) is 0 Å². The maximum absolute atomic E-state index is 10.9. The van der Waals surface area contributed by atoms with Gasteiger partial charge in [0.2, 0.25) is 0 Å². The van der Waals surface area contributed by atoms with Crippen molar-refractivity contribution in [3.8, 4) is 0 Å². The van der Waals surface area contributed by atoms with Crippen LogP contribution in [0.15, 0.2) is 30.5 Å². The predicted molar refractivity (Wildman–Crippen MR) is 77.9 cm³/mol. The van der Waals surface area contributed by atoms with Gasteiger partial charge in [-0.25, -0.2) is 0 Å². The topological polar surface area (TPSA) is 36.0 Å². The van der Waals surface area contributed by atoms with Crippen molar-refractivity contribution < 1.29 is 5.11 Å². The predicted octanol–water partition coefficient (Wildman–Crippen LogP) is 3.52. The molecular weight excluding hydrogens is 242 g/mol. The number of benzene rings is 1. The molecule has 2 aromatic rings. The molecule has 96 valence electrons. The number of nitrogens with one attached hydrogen (secondary N) is 1. The molecule has 1 aromatic carbocycles. The van der Waals surface area contributed by atoms with E-state index >= 15 is 0 Å². The van der Waals surface area contributed by atoms with E-state index < -0.39 is 5.60 Å². The smallest absolute Gasteiger partial charge is 0.0992 e. The van der Waals surface area contributed by atoms with Crippen LogP contribution < -0.4 is 0 Å². The van der Waals surface area contributed by atoms with Gasteiger partial charge in [0.1, 0.15) is 0 Å². The van der Waals surface area contributed by atoms with Crippen molar-refractivity contribution in [2.45, 2.75) is 25.9 Å².